The molecular weight excluding hydrogens is 539 g/mol. The van der Waals surface area contributed by atoms with E-state index in [-0.39, 0.29) is 11.3 Å². The van der Waals surface area contributed by atoms with Gasteiger partial charge in [0, 0.05) is 22.0 Å². The van der Waals surface area contributed by atoms with Gasteiger partial charge in [-0.05, 0) is 48.4 Å². The fraction of sp³-hybridized carbons (Fsp3) is 0.318. The molecule has 0 saturated carbocycles. The Balaban J connectivity index is 0.000000482. The molecule has 2 aromatic carbocycles. The molecule has 6 nitrogen and oxygen atoms in total. The number of halogens is 8. The maximum Gasteiger partial charge on any atom is 0.428 e. The lowest BCUT2D eigenvalue weighted by Crippen LogP contribution is -2.41. The molecule has 3 rings (SSSR count). The summed E-state index contributed by atoms with van der Waals surface area (Å²) in [5.41, 5.74) is 0.899. The summed E-state index contributed by atoms with van der Waals surface area (Å²) in [7, 11) is 0. The summed E-state index contributed by atoms with van der Waals surface area (Å²) < 4.78 is 73.9. The molecule has 0 spiro atoms. The first kappa shape index (κ1) is 29.2. The molecule has 36 heavy (non-hydrogen) atoms. The van der Waals surface area contributed by atoms with Crippen LogP contribution in [0.15, 0.2) is 47.6 Å². The summed E-state index contributed by atoms with van der Waals surface area (Å²) in [5, 5.41) is 8.55. The zero-order valence-corrected chi connectivity index (χ0v) is 19.9. The first-order valence-electron chi connectivity index (χ1n) is 10.1. The van der Waals surface area contributed by atoms with Gasteiger partial charge in [-0.3, -0.25) is 9.59 Å². The van der Waals surface area contributed by atoms with E-state index in [4.69, 9.17) is 23.2 Å². The molecule has 0 radical (unpaired) electrons. The van der Waals surface area contributed by atoms with E-state index in [0.717, 1.165) is 0 Å². The molecule has 2 aromatic rings. The quantitative estimate of drug-likeness (QED) is 0.479. The molecule has 1 atom stereocenters. The molecule has 1 unspecified atom stereocenters. The Morgan fingerprint density at radius 3 is 2.14 bits per heavy atom. The summed E-state index contributed by atoms with van der Waals surface area (Å²) in [4.78, 5) is 27.7. The zero-order chi connectivity index (χ0) is 27.1. The van der Waals surface area contributed by atoms with Crippen LogP contribution in [0.4, 0.5) is 26.3 Å². The van der Waals surface area contributed by atoms with Gasteiger partial charge in [0.25, 0.3) is 5.91 Å². The van der Waals surface area contributed by atoms with Crippen LogP contribution in [-0.2, 0) is 9.63 Å². The molecular formula is C22H19Cl2F6N3O3. The van der Waals surface area contributed by atoms with E-state index in [2.05, 4.69) is 15.3 Å². The number of hydrogen-bond acceptors (Lipinski definition) is 4. The molecule has 196 valence electrons. The summed E-state index contributed by atoms with van der Waals surface area (Å²) in [6.07, 6.45) is -11.6. The van der Waals surface area contributed by atoms with E-state index in [1.165, 1.54) is 25.1 Å². The van der Waals surface area contributed by atoms with Gasteiger partial charge in [0.05, 0.1) is 12.3 Å². The molecule has 0 aromatic heterocycles. The van der Waals surface area contributed by atoms with Crippen LogP contribution in [0.2, 0.25) is 10.0 Å². The zero-order valence-electron chi connectivity index (χ0n) is 18.4. The molecule has 1 aliphatic heterocycles. The van der Waals surface area contributed by atoms with Crippen LogP contribution >= 0.6 is 23.2 Å². The highest BCUT2D eigenvalue weighted by Crippen LogP contribution is 2.31. The van der Waals surface area contributed by atoms with E-state index in [0.29, 0.717) is 21.2 Å². The highest BCUT2D eigenvalue weighted by Gasteiger charge is 2.45. The third-order valence-corrected chi connectivity index (χ3v) is 4.99. The number of oxime groups is 1. The van der Waals surface area contributed by atoms with Crippen molar-refractivity contribution in [2.75, 3.05) is 13.1 Å². The number of carbonyl (C=O) groups excluding carboxylic acids is 2. The third kappa shape index (κ3) is 9.57. The maximum atomic E-state index is 12.6. The van der Waals surface area contributed by atoms with Crippen molar-refractivity contribution < 1.29 is 40.8 Å². The van der Waals surface area contributed by atoms with Crippen LogP contribution in [0.5, 0.6) is 0 Å². The Labute approximate surface area is 211 Å². The molecule has 0 fully saturated rings. The summed E-state index contributed by atoms with van der Waals surface area (Å²) in [6, 6.07) is 11.2. The molecule has 0 bridgehead atoms. The van der Waals surface area contributed by atoms with Crippen LogP contribution in [0.1, 0.15) is 27.9 Å². The average Bonchev–Trinajstić information content (AvgIpc) is 3.27. The van der Waals surface area contributed by atoms with Crippen molar-refractivity contribution in [1.29, 1.82) is 0 Å². The lowest BCUT2D eigenvalue weighted by atomic mass is 9.99. The molecule has 2 N–H and O–H groups in total. The standard InChI is InChI=1S/C16H15F6N3O3.C6H4Cl2/c1-8-4-9(11-5-12(28-25-11)16(20,21)22)2-3-10(8)14(27)23-6-13(26)24-7-15(17,18)19;7-5-2-1-3-6(8)4-5/h2-4,12H,5-7H2,1H3,(H,23,27)(H,24,26);1-4H. The lowest BCUT2D eigenvalue weighted by molar-refractivity contribution is -0.212. The molecule has 14 heteroatoms. The Bertz CT molecular complexity index is 1110. The van der Waals surface area contributed by atoms with Crippen LogP contribution in [0, 0.1) is 6.92 Å². The van der Waals surface area contributed by atoms with E-state index in [1.54, 1.807) is 23.5 Å². The summed E-state index contributed by atoms with van der Waals surface area (Å²) in [6.45, 7) is -0.664. The SMILES string of the molecule is Cc1cc(C2=NOC(C(F)(F)F)C2)ccc1C(=O)NCC(=O)NCC(F)(F)F.Clc1cccc(Cl)c1. The van der Waals surface area contributed by atoms with Gasteiger partial charge in [0.2, 0.25) is 12.0 Å². The number of nitrogens with one attached hydrogen (secondary N) is 2. The Morgan fingerprint density at radius 1 is 1.03 bits per heavy atom. The fourth-order valence-electron chi connectivity index (χ4n) is 2.80. The minimum Gasteiger partial charge on any atom is -0.382 e. The topological polar surface area (TPSA) is 79.8 Å². The predicted octanol–water partition coefficient (Wildman–Crippen LogP) is 5.45. The molecule has 2 amide bonds. The Kier molecular flexibility index (Phi) is 10.00. The van der Waals surface area contributed by atoms with Gasteiger partial charge in [-0.15, -0.1) is 0 Å². The maximum absolute atomic E-state index is 12.6. The van der Waals surface area contributed by atoms with Gasteiger partial charge in [0.15, 0.2) is 0 Å². The second-order valence-corrected chi connectivity index (χ2v) is 8.29. The smallest absolute Gasteiger partial charge is 0.382 e. The van der Waals surface area contributed by atoms with Crippen molar-refractivity contribution in [1.82, 2.24) is 10.6 Å². The average molecular weight is 558 g/mol. The van der Waals surface area contributed by atoms with E-state index in [9.17, 15) is 35.9 Å². The molecule has 1 aliphatic rings. The number of carbonyl (C=O) groups is 2. The predicted molar refractivity (Wildman–Crippen MR) is 121 cm³/mol. The monoisotopic (exact) mass is 557 g/mol. The van der Waals surface area contributed by atoms with Crippen molar-refractivity contribution in [3.8, 4) is 0 Å². The number of aryl methyl sites for hydroxylation is 1. The fourth-order valence-corrected chi connectivity index (χ4v) is 3.23. The van der Waals surface area contributed by atoms with Gasteiger partial charge in [-0.2, -0.15) is 26.3 Å². The number of alkyl halides is 6. The van der Waals surface area contributed by atoms with Crippen molar-refractivity contribution in [2.24, 2.45) is 5.16 Å². The number of nitrogens with zero attached hydrogens (tertiary/aromatic N) is 1. The second kappa shape index (κ2) is 12.3. The van der Waals surface area contributed by atoms with Crippen molar-refractivity contribution in [2.45, 2.75) is 31.8 Å². The second-order valence-electron chi connectivity index (χ2n) is 7.42. The van der Waals surface area contributed by atoms with Crippen LogP contribution < -0.4 is 10.6 Å². The van der Waals surface area contributed by atoms with Gasteiger partial charge in [-0.25, -0.2) is 0 Å². The summed E-state index contributed by atoms with van der Waals surface area (Å²) in [5.74, 6) is -1.74. The third-order valence-electron chi connectivity index (χ3n) is 4.52. The first-order chi connectivity index (χ1) is 16.7. The molecule has 0 aliphatic carbocycles. The van der Waals surface area contributed by atoms with Gasteiger partial charge in [0.1, 0.15) is 6.54 Å². The normalized spacial score (nSPS) is 15.2. The summed E-state index contributed by atoms with van der Waals surface area (Å²) >= 11 is 11.1. The van der Waals surface area contributed by atoms with E-state index < -0.39 is 49.8 Å². The molecule has 0 saturated heterocycles. The number of rotatable bonds is 5. The van der Waals surface area contributed by atoms with Crippen molar-refractivity contribution in [3.05, 3.63) is 69.2 Å². The minimum absolute atomic E-state index is 0.0731. The van der Waals surface area contributed by atoms with E-state index in [1.807, 2.05) is 6.07 Å². The first-order valence-corrected chi connectivity index (χ1v) is 10.8. The van der Waals surface area contributed by atoms with Crippen molar-refractivity contribution in [3.63, 3.8) is 0 Å². The highest BCUT2D eigenvalue weighted by atomic mass is 35.5. The largest absolute Gasteiger partial charge is 0.428 e. The van der Waals surface area contributed by atoms with Crippen LogP contribution in [0.3, 0.4) is 0 Å². The Morgan fingerprint density at radius 2 is 1.67 bits per heavy atom. The van der Waals surface area contributed by atoms with Gasteiger partial charge >= 0.3 is 12.4 Å². The van der Waals surface area contributed by atoms with Gasteiger partial charge < -0.3 is 15.5 Å². The molecule has 1 heterocycles. The van der Waals surface area contributed by atoms with Crippen molar-refractivity contribution >= 4 is 40.7 Å². The lowest BCUT2D eigenvalue weighted by Gasteiger charge is -2.12. The van der Waals surface area contributed by atoms with Crippen LogP contribution in [-0.4, -0.2) is 49.1 Å². The number of amides is 2. The van der Waals surface area contributed by atoms with Gasteiger partial charge in [-0.1, -0.05) is 40.5 Å². The Hall–Kier alpha value is -2.99. The van der Waals surface area contributed by atoms with E-state index >= 15 is 0 Å². The minimum atomic E-state index is -4.57. The highest BCUT2D eigenvalue weighted by molar-refractivity contribution is 6.34. The number of benzene rings is 2. The number of hydrogen-bond donors (Lipinski definition) is 2. The van der Waals surface area contributed by atoms with Crippen LogP contribution in [0.25, 0.3) is 0 Å².